The Labute approximate surface area is 105 Å². The van der Waals surface area contributed by atoms with Crippen LogP contribution in [0.1, 0.15) is 13.3 Å². The van der Waals surface area contributed by atoms with E-state index < -0.39 is 18.0 Å². The monoisotopic (exact) mass is 261 g/mol. The number of amides is 3. The molecule has 0 heterocycles. The molecule has 0 aromatic heterocycles. The lowest BCUT2D eigenvalue weighted by molar-refractivity contribution is -0.136. The Morgan fingerprint density at radius 1 is 1.22 bits per heavy atom. The number of carbonyl (C=O) groups is 3. The third-order valence-corrected chi connectivity index (χ3v) is 1.97. The quantitative estimate of drug-likeness (QED) is 0.414. The third-order valence-electron chi connectivity index (χ3n) is 1.97. The number of urea groups is 1. The predicted molar refractivity (Wildman–Crippen MR) is 63.1 cm³/mol. The van der Waals surface area contributed by atoms with Gasteiger partial charge in [-0.3, -0.25) is 9.59 Å². The van der Waals surface area contributed by atoms with E-state index in [0.717, 1.165) is 0 Å². The number of carboxylic acids is 1. The van der Waals surface area contributed by atoms with Gasteiger partial charge >= 0.3 is 12.0 Å². The summed E-state index contributed by atoms with van der Waals surface area (Å²) >= 11 is 0. The number of rotatable bonds is 8. The zero-order chi connectivity index (χ0) is 14.0. The Bertz CT molecular complexity index is 295. The van der Waals surface area contributed by atoms with Crippen LogP contribution in [-0.4, -0.2) is 55.9 Å². The van der Waals surface area contributed by atoms with E-state index >= 15 is 0 Å². The second-order valence-corrected chi connectivity index (χ2v) is 3.55. The normalized spacial score (nSPS) is 11.4. The molecule has 0 aliphatic carbocycles. The molecule has 18 heavy (non-hydrogen) atoms. The van der Waals surface area contributed by atoms with Gasteiger partial charge in [-0.1, -0.05) is 0 Å². The molecule has 0 aromatic carbocycles. The third kappa shape index (κ3) is 8.34. The predicted octanol–water partition coefficient (Wildman–Crippen LogP) is -1.09. The first-order valence-electron chi connectivity index (χ1n) is 5.50. The molecule has 0 bridgehead atoms. The highest BCUT2D eigenvalue weighted by Crippen LogP contribution is 1.83. The number of carboxylic acid groups (broad SMARTS) is 1. The standard InChI is InChI=1S/C10H19N3O5/c1-7(9(16)11-5-6-18-2)13-10(17)12-4-3-8(14)15/h7H,3-6H2,1-2H3,(H,11,16)(H,14,15)(H2,12,13,17). The molecule has 4 N–H and O–H groups in total. The molecule has 0 fully saturated rings. The highest BCUT2D eigenvalue weighted by Gasteiger charge is 2.14. The van der Waals surface area contributed by atoms with Crippen molar-refractivity contribution in [2.75, 3.05) is 26.8 Å². The van der Waals surface area contributed by atoms with Crippen molar-refractivity contribution < 1.29 is 24.2 Å². The van der Waals surface area contributed by atoms with Gasteiger partial charge in [0.15, 0.2) is 0 Å². The fourth-order valence-corrected chi connectivity index (χ4v) is 1.03. The molecule has 0 spiro atoms. The van der Waals surface area contributed by atoms with E-state index in [2.05, 4.69) is 16.0 Å². The minimum absolute atomic E-state index is 0.0131. The van der Waals surface area contributed by atoms with Crippen molar-refractivity contribution >= 4 is 17.9 Å². The molecule has 0 radical (unpaired) electrons. The first-order chi connectivity index (χ1) is 8.47. The molecule has 0 saturated heterocycles. The summed E-state index contributed by atoms with van der Waals surface area (Å²) in [5.41, 5.74) is 0. The SMILES string of the molecule is COCCNC(=O)C(C)NC(=O)NCCC(=O)O. The average Bonchev–Trinajstić information content (AvgIpc) is 2.28. The topological polar surface area (TPSA) is 117 Å². The van der Waals surface area contributed by atoms with Crippen molar-refractivity contribution in [3.8, 4) is 0 Å². The molecule has 0 aliphatic heterocycles. The first kappa shape index (κ1) is 16.2. The van der Waals surface area contributed by atoms with E-state index in [9.17, 15) is 14.4 Å². The minimum Gasteiger partial charge on any atom is -0.481 e. The second kappa shape index (κ2) is 9.23. The zero-order valence-electron chi connectivity index (χ0n) is 10.5. The minimum atomic E-state index is -0.999. The van der Waals surface area contributed by atoms with Gasteiger partial charge in [0.1, 0.15) is 6.04 Å². The van der Waals surface area contributed by atoms with Gasteiger partial charge in [-0.2, -0.15) is 0 Å². The lowest BCUT2D eigenvalue weighted by Crippen LogP contribution is -2.49. The maximum absolute atomic E-state index is 11.4. The first-order valence-corrected chi connectivity index (χ1v) is 5.50. The van der Waals surface area contributed by atoms with Gasteiger partial charge in [-0.15, -0.1) is 0 Å². The van der Waals surface area contributed by atoms with E-state index in [1.807, 2.05) is 0 Å². The Morgan fingerprint density at radius 2 is 1.89 bits per heavy atom. The number of hydrogen-bond acceptors (Lipinski definition) is 4. The summed E-state index contributed by atoms with van der Waals surface area (Å²) in [6.07, 6.45) is -0.165. The van der Waals surface area contributed by atoms with Crippen molar-refractivity contribution in [1.29, 1.82) is 0 Å². The fourth-order valence-electron chi connectivity index (χ4n) is 1.03. The number of ether oxygens (including phenoxy) is 1. The highest BCUT2D eigenvalue weighted by molar-refractivity contribution is 5.86. The lowest BCUT2D eigenvalue weighted by atomic mass is 10.3. The highest BCUT2D eigenvalue weighted by atomic mass is 16.5. The summed E-state index contributed by atoms with van der Waals surface area (Å²) in [5.74, 6) is -1.33. The van der Waals surface area contributed by atoms with Gasteiger partial charge in [-0.05, 0) is 6.92 Å². The molecule has 0 aromatic rings. The van der Waals surface area contributed by atoms with Crippen molar-refractivity contribution in [1.82, 2.24) is 16.0 Å². The van der Waals surface area contributed by atoms with E-state index in [1.54, 1.807) is 0 Å². The van der Waals surface area contributed by atoms with E-state index in [1.165, 1.54) is 14.0 Å². The molecular formula is C10H19N3O5. The molecule has 1 unspecified atom stereocenters. The average molecular weight is 261 g/mol. The molecule has 0 aliphatic rings. The molecule has 0 rings (SSSR count). The van der Waals surface area contributed by atoms with Gasteiger partial charge < -0.3 is 25.8 Å². The molecular weight excluding hydrogens is 242 g/mol. The Morgan fingerprint density at radius 3 is 2.44 bits per heavy atom. The molecule has 3 amide bonds. The van der Waals surface area contributed by atoms with E-state index in [0.29, 0.717) is 13.2 Å². The van der Waals surface area contributed by atoms with Crippen LogP contribution in [0.15, 0.2) is 0 Å². The van der Waals surface area contributed by atoms with Gasteiger partial charge in [0.2, 0.25) is 5.91 Å². The summed E-state index contributed by atoms with van der Waals surface area (Å²) in [5, 5.41) is 15.6. The Hall–Kier alpha value is -1.83. The van der Waals surface area contributed by atoms with E-state index in [-0.39, 0.29) is 18.9 Å². The molecule has 104 valence electrons. The van der Waals surface area contributed by atoms with Crippen LogP contribution in [-0.2, 0) is 14.3 Å². The maximum Gasteiger partial charge on any atom is 0.315 e. The van der Waals surface area contributed by atoms with Crippen LogP contribution >= 0.6 is 0 Å². The molecule has 0 saturated carbocycles. The van der Waals surface area contributed by atoms with Crippen LogP contribution < -0.4 is 16.0 Å². The number of carbonyl (C=O) groups excluding carboxylic acids is 2. The summed E-state index contributed by atoms with van der Waals surface area (Å²) < 4.78 is 4.76. The summed E-state index contributed by atoms with van der Waals surface area (Å²) in [6, 6.07) is -1.28. The number of nitrogens with one attached hydrogen (secondary N) is 3. The Balaban J connectivity index is 3.77. The smallest absolute Gasteiger partial charge is 0.315 e. The van der Waals surface area contributed by atoms with Gasteiger partial charge in [0.05, 0.1) is 13.0 Å². The Kier molecular flexibility index (Phi) is 8.29. The number of hydrogen-bond donors (Lipinski definition) is 4. The van der Waals surface area contributed by atoms with E-state index in [4.69, 9.17) is 9.84 Å². The summed E-state index contributed by atoms with van der Waals surface area (Å²) in [6.45, 7) is 2.29. The van der Waals surface area contributed by atoms with Crippen LogP contribution in [0.2, 0.25) is 0 Å². The largest absolute Gasteiger partial charge is 0.481 e. The molecule has 8 nitrogen and oxygen atoms in total. The molecule has 8 heteroatoms. The van der Waals surface area contributed by atoms with Gasteiger partial charge in [0, 0.05) is 20.2 Å². The molecule has 1 atom stereocenters. The van der Waals surface area contributed by atoms with Crippen LogP contribution in [0.5, 0.6) is 0 Å². The van der Waals surface area contributed by atoms with Crippen LogP contribution in [0.3, 0.4) is 0 Å². The van der Waals surface area contributed by atoms with Crippen molar-refractivity contribution in [3.05, 3.63) is 0 Å². The van der Waals surface area contributed by atoms with Crippen LogP contribution in [0.25, 0.3) is 0 Å². The van der Waals surface area contributed by atoms with Crippen molar-refractivity contribution in [3.63, 3.8) is 0 Å². The summed E-state index contributed by atoms with van der Waals surface area (Å²) in [4.78, 5) is 32.9. The zero-order valence-corrected chi connectivity index (χ0v) is 10.5. The number of aliphatic carboxylic acids is 1. The van der Waals surface area contributed by atoms with Crippen LogP contribution in [0.4, 0.5) is 4.79 Å². The van der Waals surface area contributed by atoms with Crippen molar-refractivity contribution in [2.45, 2.75) is 19.4 Å². The van der Waals surface area contributed by atoms with Gasteiger partial charge in [-0.25, -0.2) is 4.79 Å². The lowest BCUT2D eigenvalue weighted by Gasteiger charge is -2.14. The van der Waals surface area contributed by atoms with Crippen LogP contribution in [0, 0.1) is 0 Å². The fraction of sp³-hybridized carbons (Fsp3) is 0.700. The summed E-state index contributed by atoms with van der Waals surface area (Å²) in [7, 11) is 1.52. The van der Waals surface area contributed by atoms with Crippen molar-refractivity contribution in [2.24, 2.45) is 0 Å². The second-order valence-electron chi connectivity index (χ2n) is 3.55. The number of methoxy groups -OCH3 is 1. The van der Waals surface area contributed by atoms with Gasteiger partial charge in [0.25, 0.3) is 0 Å². The maximum atomic E-state index is 11.4.